The summed E-state index contributed by atoms with van der Waals surface area (Å²) >= 11 is 0. The van der Waals surface area contributed by atoms with Gasteiger partial charge in [0.2, 0.25) is 0 Å². The lowest BCUT2D eigenvalue weighted by Gasteiger charge is -1.99. The fourth-order valence-electron chi connectivity index (χ4n) is 0.938. The molecule has 0 atom stereocenters. The van der Waals surface area contributed by atoms with E-state index in [9.17, 15) is 4.79 Å². The van der Waals surface area contributed by atoms with Crippen molar-refractivity contribution in [3.63, 3.8) is 0 Å². The summed E-state index contributed by atoms with van der Waals surface area (Å²) in [6, 6.07) is 4.92. The van der Waals surface area contributed by atoms with Crippen molar-refractivity contribution in [3.8, 4) is 12.3 Å². The Hall–Kier alpha value is -1.75. The predicted molar refractivity (Wildman–Crippen MR) is 48.8 cm³/mol. The fraction of sp³-hybridized carbons (Fsp3) is 0.100. The van der Waals surface area contributed by atoms with Crippen LogP contribution in [0.25, 0.3) is 0 Å². The van der Waals surface area contributed by atoms with Crippen LogP contribution >= 0.6 is 0 Å². The van der Waals surface area contributed by atoms with Crippen molar-refractivity contribution < 1.29 is 4.79 Å². The molecule has 0 amide bonds. The zero-order chi connectivity index (χ0) is 9.14. The number of carbonyl (C=O) groups is 1. The normalized spacial score (nSPS) is 9.00. The van der Waals surface area contributed by atoms with E-state index in [4.69, 9.17) is 12.2 Å². The van der Waals surface area contributed by atoms with Crippen LogP contribution in [0.1, 0.15) is 22.8 Å². The molecule has 0 aromatic heterocycles. The van der Waals surface area contributed by atoms with Gasteiger partial charge in [0, 0.05) is 16.8 Å². The Morgan fingerprint density at radius 2 is 2.17 bits per heavy atom. The summed E-state index contributed by atoms with van der Waals surface area (Å²) in [5.41, 5.74) is 7.25. The van der Waals surface area contributed by atoms with Crippen LogP contribution in [0.3, 0.4) is 0 Å². The first-order valence-corrected chi connectivity index (χ1v) is 3.51. The second kappa shape index (κ2) is 3.10. The van der Waals surface area contributed by atoms with E-state index in [-0.39, 0.29) is 5.78 Å². The minimum absolute atomic E-state index is 0.0289. The summed E-state index contributed by atoms with van der Waals surface area (Å²) < 4.78 is 0. The highest BCUT2D eigenvalue weighted by molar-refractivity contribution is 5.95. The molecule has 2 N–H and O–H groups in total. The summed E-state index contributed by atoms with van der Waals surface area (Å²) in [6.07, 6.45) is 5.17. The summed E-state index contributed by atoms with van der Waals surface area (Å²) in [7, 11) is 0. The molecular weight excluding hydrogens is 150 g/mol. The lowest BCUT2D eigenvalue weighted by Crippen LogP contribution is -1.95. The van der Waals surface area contributed by atoms with E-state index in [1.807, 2.05) is 0 Å². The van der Waals surface area contributed by atoms with Gasteiger partial charge >= 0.3 is 0 Å². The van der Waals surface area contributed by atoms with Crippen LogP contribution in [0.15, 0.2) is 18.2 Å². The molecule has 2 nitrogen and oxygen atoms in total. The van der Waals surface area contributed by atoms with Gasteiger partial charge in [-0.05, 0) is 25.1 Å². The zero-order valence-corrected chi connectivity index (χ0v) is 6.79. The maximum atomic E-state index is 10.9. The molecule has 1 rings (SSSR count). The summed E-state index contributed by atoms with van der Waals surface area (Å²) in [6.45, 7) is 1.48. The van der Waals surface area contributed by atoms with Crippen LogP contribution in [0.5, 0.6) is 0 Å². The molecule has 60 valence electrons. The highest BCUT2D eigenvalue weighted by Gasteiger charge is 2.00. The maximum Gasteiger partial charge on any atom is 0.159 e. The Morgan fingerprint density at radius 1 is 1.50 bits per heavy atom. The van der Waals surface area contributed by atoms with E-state index in [0.29, 0.717) is 16.8 Å². The molecule has 1 aromatic carbocycles. The van der Waals surface area contributed by atoms with Gasteiger partial charge in [-0.3, -0.25) is 4.79 Å². The van der Waals surface area contributed by atoms with Crippen LogP contribution < -0.4 is 5.73 Å². The monoisotopic (exact) mass is 159 g/mol. The quantitative estimate of drug-likeness (QED) is 0.383. The van der Waals surface area contributed by atoms with Gasteiger partial charge in [0.25, 0.3) is 0 Å². The number of nitrogens with two attached hydrogens (primary N) is 1. The number of hydrogen-bond acceptors (Lipinski definition) is 2. The minimum Gasteiger partial charge on any atom is -0.399 e. The second-order valence-corrected chi connectivity index (χ2v) is 2.54. The summed E-state index contributed by atoms with van der Waals surface area (Å²) in [4.78, 5) is 10.9. The van der Waals surface area contributed by atoms with Crippen molar-refractivity contribution in [1.29, 1.82) is 0 Å². The Balaban J connectivity index is 3.26. The van der Waals surface area contributed by atoms with E-state index < -0.39 is 0 Å². The van der Waals surface area contributed by atoms with E-state index in [1.54, 1.807) is 18.2 Å². The van der Waals surface area contributed by atoms with Crippen molar-refractivity contribution in [2.45, 2.75) is 6.92 Å². The first kappa shape index (κ1) is 8.35. The van der Waals surface area contributed by atoms with Crippen LogP contribution in [0, 0.1) is 12.3 Å². The van der Waals surface area contributed by atoms with Gasteiger partial charge in [-0.2, -0.15) is 0 Å². The molecule has 0 radical (unpaired) electrons. The first-order chi connectivity index (χ1) is 5.63. The lowest BCUT2D eigenvalue weighted by atomic mass is 10.1. The van der Waals surface area contributed by atoms with Crippen LogP contribution in [0.2, 0.25) is 0 Å². The molecule has 0 aliphatic heterocycles. The SMILES string of the molecule is C#Cc1cc(N)cc(C(C)=O)c1. The minimum atomic E-state index is -0.0289. The summed E-state index contributed by atoms with van der Waals surface area (Å²) in [5.74, 6) is 2.40. The molecule has 0 aliphatic carbocycles. The molecule has 0 saturated carbocycles. The molecule has 0 fully saturated rings. The van der Waals surface area contributed by atoms with E-state index in [0.717, 1.165) is 0 Å². The Kier molecular flexibility index (Phi) is 2.16. The Bertz CT molecular complexity index is 361. The average Bonchev–Trinajstić information content (AvgIpc) is 2.03. The number of ketones is 1. The van der Waals surface area contributed by atoms with Gasteiger partial charge in [-0.25, -0.2) is 0 Å². The maximum absolute atomic E-state index is 10.9. The molecule has 1 aromatic rings. The molecule has 0 spiro atoms. The number of nitrogen functional groups attached to an aromatic ring is 1. The van der Waals surface area contributed by atoms with Crippen molar-refractivity contribution in [2.75, 3.05) is 5.73 Å². The van der Waals surface area contributed by atoms with Gasteiger partial charge in [0.15, 0.2) is 5.78 Å². The van der Waals surface area contributed by atoms with Gasteiger partial charge in [0.1, 0.15) is 0 Å². The summed E-state index contributed by atoms with van der Waals surface area (Å²) in [5, 5.41) is 0. The van der Waals surface area contributed by atoms with Gasteiger partial charge < -0.3 is 5.73 Å². The molecule has 0 heterocycles. The molecule has 0 saturated heterocycles. The Morgan fingerprint density at radius 3 is 2.67 bits per heavy atom. The number of rotatable bonds is 1. The smallest absolute Gasteiger partial charge is 0.159 e. The number of benzene rings is 1. The molecule has 0 unspecified atom stereocenters. The van der Waals surface area contributed by atoms with E-state index in [1.165, 1.54) is 6.92 Å². The largest absolute Gasteiger partial charge is 0.399 e. The first-order valence-electron chi connectivity index (χ1n) is 3.51. The molecular formula is C10H9NO. The third kappa shape index (κ3) is 1.64. The van der Waals surface area contributed by atoms with Crippen molar-refractivity contribution in [3.05, 3.63) is 29.3 Å². The second-order valence-electron chi connectivity index (χ2n) is 2.54. The average molecular weight is 159 g/mol. The molecule has 0 aliphatic rings. The molecule has 12 heavy (non-hydrogen) atoms. The van der Waals surface area contributed by atoms with E-state index in [2.05, 4.69) is 5.92 Å². The van der Waals surface area contributed by atoms with Crippen LogP contribution in [-0.4, -0.2) is 5.78 Å². The number of anilines is 1. The number of hydrogen-bond donors (Lipinski definition) is 1. The van der Waals surface area contributed by atoms with Crippen LogP contribution in [-0.2, 0) is 0 Å². The van der Waals surface area contributed by atoms with Crippen molar-refractivity contribution in [1.82, 2.24) is 0 Å². The number of terminal acetylenes is 1. The highest BCUT2D eigenvalue weighted by Crippen LogP contribution is 2.11. The number of carbonyl (C=O) groups excluding carboxylic acids is 1. The molecule has 2 heteroatoms. The van der Waals surface area contributed by atoms with Crippen molar-refractivity contribution >= 4 is 11.5 Å². The predicted octanol–water partition coefficient (Wildman–Crippen LogP) is 1.45. The fourth-order valence-corrected chi connectivity index (χ4v) is 0.938. The molecule has 0 bridgehead atoms. The lowest BCUT2D eigenvalue weighted by molar-refractivity contribution is 0.101. The van der Waals surface area contributed by atoms with Gasteiger partial charge in [-0.15, -0.1) is 6.42 Å². The topological polar surface area (TPSA) is 43.1 Å². The highest BCUT2D eigenvalue weighted by atomic mass is 16.1. The third-order valence-corrected chi connectivity index (χ3v) is 1.53. The third-order valence-electron chi connectivity index (χ3n) is 1.53. The zero-order valence-electron chi connectivity index (χ0n) is 6.79. The Labute approximate surface area is 71.4 Å². The number of Topliss-reactive ketones (excluding diaryl/α,β-unsaturated/α-hetero) is 1. The van der Waals surface area contributed by atoms with E-state index >= 15 is 0 Å². The van der Waals surface area contributed by atoms with Gasteiger partial charge in [-0.1, -0.05) is 5.92 Å². The van der Waals surface area contributed by atoms with Gasteiger partial charge in [0.05, 0.1) is 0 Å². The van der Waals surface area contributed by atoms with Crippen molar-refractivity contribution in [2.24, 2.45) is 0 Å². The van der Waals surface area contributed by atoms with Crippen LogP contribution in [0.4, 0.5) is 5.69 Å². The standard InChI is InChI=1S/C10H9NO/c1-3-8-4-9(7(2)12)6-10(11)5-8/h1,4-6H,11H2,2H3.